The highest BCUT2D eigenvalue weighted by molar-refractivity contribution is 5.03. The Kier molecular flexibility index (Phi) is 3.52. The second-order valence-corrected chi connectivity index (χ2v) is 5.72. The van der Waals surface area contributed by atoms with E-state index in [2.05, 4.69) is 15.0 Å². The maximum absolute atomic E-state index is 15.1. The van der Waals surface area contributed by atoms with E-state index in [1.54, 1.807) is 13.8 Å². The maximum Gasteiger partial charge on any atom is 0.330 e. The first-order chi connectivity index (χ1) is 10.8. The molecule has 11 heteroatoms. The molecule has 23 heavy (non-hydrogen) atoms. The Hall–Kier alpha value is -2.20. The van der Waals surface area contributed by atoms with Crippen LogP contribution in [0.2, 0.25) is 0 Å². The zero-order valence-electron chi connectivity index (χ0n) is 12.3. The fourth-order valence-electron chi connectivity index (χ4n) is 2.76. The molecule has 1 N–H and O–H groups in total. The van der Waals surface area contributed by atoms with Gasteiger partial charge in [-0.15, -0.1) is 0 Å². The Morgan fingerprint density at radius 3 is 2.83 bits per heavy atom. The van der Waals surface area contributed by atoms with Gasteiger partial charge in [-0.1, -0.05) is 5.11 Å². The van der Waals surface area contributed by atoms with E-state index in [1.807, 2.05) is 0 Å². The molecule has 2 aliphatic rings. The number of nitrogens with one attached hydrogen (secondary N) is 1. The van der Waals surface area contributed by atoms with Crippen molar-refractivity contribution in [2.24, 2.45) is 5.11 Å². The van der Waals surface area contributed by atoms with Gasteiger partial charge in [0.15, 0.2) is 18.1 Å². The van der Waals surface area contributed by atoms with Gasteiger partial charge in [0.05, 0.1) is 6.54 Å². The molecule has 2 fully saturated rings. The number of fused-ring (bicyclic) bond motifs is 1. The predicted octanol–water partition coefficient (Wildman–Crippen LogP) is 0.562. The van der Waals surface area contributed by atoms with Crippen LogP contribution in [0.5, 0.6) is 0 Å². The summed E-state index contributed by atoms with van der Waals surface area (Å²) in [7, 11) is 0. The number of azide groups is 1. The topological polar surface area (TPSA) is 131 Å². The third kappa shape index (κ3) is 2.63. The Labute approximate surface area is 128 Å². The molecule has 0 bridgehead atoms. The highest BCUT2D eigenvalue weighted by Gasteiger charge is 2.64. The summed E-state index contributed by atoms with van der Waals surface area (Å²) >= 11 is 0. The van der Waals surface area contributed by atoms with Gasteiger partial charge in [-0.05, 0) is 19.4 Å². The molecule has 0 aromatic carbocycles. The molecule has 0 aliphatic carbocycles. The number of rotatable bonds is 3. The number of H-pyrrole nitrogens is 1. The number of halogens is 1. The van der Waals surface area contributed by atoms with Crippen LogP contribution in [0.4, 0.5) is 4.39 Å². The summed E-state index contributed by atoms with van der Waals surface area (Å²) in [6.07, 6.45) is -2.14. The Balaban J connectivity index is 2.03. The van der Waals surface area contributed by atoms with Crippen molar-refractivity contribution in [3.63, 3.8) is 0 Å². The van der Waals surface area contributed by atoms with Crippen molar-refractivity contribution >= 4 is 0 Å². The predicted molar refractivity (Wildman–Crippen MR) is 73.1 cm³/mol. The van der Waals surface area contributed by atoms with E-state index in [0.29, 0.717) is 0 Å². The molecule has 3 rings (SSSR count). The fourth-order valence-corrected chi connectivity index (χ4v) is 2.76. The normalized spacial score (nSPS) is 34.8. The molecule has 1 aromatic heterocycles. The molecule has 0 spiro atoms. The van der Waals surface area contributed by atoms with Crippen molar-refractivity contribution in [1.82, 2.24) is 9.55 Å². The fraction of sp³-hybridized carbons (Fsp3) is 0.667. The molecule has 0 radical (unpaired) electrons. The molecule has 3 heterocycles. The maximum atomic E-state index is 15.1. The number of hydrogen-bond donors (Lipinski definition) is 1. The molecule has 0 saturated carbocycles. The van der Waals surface area contributed by atoms with Crippen molar-refractivity contribution in [2.75, 3.05) is 6.54 Å². The summed E-state index contributed by atoms with van der Waals surface area (Å²) in [4.78, 5) is 27.7. The standard InChI is InChI=1S/C12H14FN5O5/c1-11(2)21-7-8(22-11)12(13,5-15-17-14)23-9(7)18-4-3-6(19)16-10(18)20/h3-4,7-9H,5H2,1-2H3,(H,16,19,20)/t7-,8?,9+,12+/m0/s1. The van der Waals surface area contributed by atoms with Gasteiger partial charge in [-0.2, -0.15) is 0 Å². The molecule has 0 amide bonds. The average Bonchev–Trinajstić information content (AvgIpc) is 2.91. The summed E-state index contributed by atoms with van der Waals surface area (Å²) in [5.41, 5.74) is 7.04. The number of alkyl halides is 1. The zero-order valence-corrected chi connectivity index (χ0v) is 12.3. The second kappa shape index (κ2) is 5.17. The molecule has 10 nitrogen and oxygen atoms in total. The van der Waals surface area contributed by atoms with E-state index >= 15 is 4.39 Å². The van der Waals surface area contributed by atoms with Gasteiger partial charge in [0, 0.05) is 17.2 Å². The molecular weight excluding hydrogens is 313 g/mol. The number of aromatic nitrogens is 2. The van der Waals surface area contributed by atoms with Crippen LogP contribution >= 0.6 is 0 Å². The third-order valence-electron chi connectivity index (χ3n) is 3.63. The number of aromatic amines is 1. The van der Waals surface area contributed by atoms with Crippen molar-refractivity contribution in [1.29, 1.82) is 0 Å². The second-order valence-electron chi connectivity index (χ2n) is 5.72. The van der Waals surface area contributed by atoms with Gasteiger partial charge in [-0.3, -0.25) is 14.3 Å². The lowest BCUT2D eigenvalue weighted by atomic mass is 10.1. The highest BCUT2D eigenvalue weighted by Crippen LogP contribution is 2.48. The van der Waals surface area contributed by atoms with Gasteiger partial charge in [0.1, 0.15) is 6.10 Å². The van der Waals surface area contributed by atoms with Crippen molar-refractivity contribution in [3.05, 3.63) is 43.5 Å². The summed E-state index contributed by atoms with van der Waals surface area (Å²) in [6.45, 7) is 2.54. The van der Waals surface area contributed by atoms with Crippen LogP contribution in [-0.4, -0.2) is 39.9 Å². The molecular formula is C12H14FN5O5. The van der Waals surface area contributed by atoms with E-state index < -0.39 is 47.9 Å². The van der Waals surface area contributed by atoms with E-state index in [4.69, 9.17) is 19.7 Å². The molecule has 4 atom stereocenters. The van der Waals surface area contributed by atoms with Gasteiger partial charge in [0.25, 0.3) is 5.56 Å². The molecule has 1 unspecified atom stereocenters. The Morgan fingerprint density at radius 2 is 2.17 bits per heavy atom. The van der Waals surface area contributed by atoms with Crippen molar-refractivity contribution in [2.45, 2.75) is 43.9 Å². The van der Waals surface area contributed by atoms with Gasteiger partial charge < -0.3 is 14.2 Å². The van der Waals surface area contributed by atoms with E-state index in [0.717, 1.165) is 10.6 Å². The minimum absolute atomic E-state index is 0.592. The number of hydrogen-bond acceptors (Lipinski definition) is 6. The monoisotopic (exact) mass is 327 g/mol. The molecule has 1 aromatic rings. The van der Waals surface area contributed by atoms with Gasteiger partial charge in [0.2, 0.25) is 5.85 Å². The van der Waals surface area contributed by atoms with Crippen molar-refractivity contribution < 1.29 is 18.6 Å². The highest BCUT2D eigenvalue weighted by atomic mass is 19.2. The largest absolute Gasteiger partial charge is 0.340 e. The average molecular weight is 327 g/mol. The van der Waals surface area contributed by atoms with Gasteiger partial charge >= 0.3 is 5.69 Å². The lowest BCUT2D eigenvalue weighted by Crippen LogP contribution is -2.41. The van der Waals surface area contributed by atoms with Crippen molar-refractivity contribution in [3.8, 4) is 0 Å². The van der Waals surface area contributed by atoms with Crippen LogP contribution < -0.4 is 11.2 Å². The first kappa shape index (κ1) is 15.7. The van der Waals surface area contributed by atoms with E-state index in [-0.39, 0.29) is 0 Å². The minimum Gasteiger partial charge on any atom is -0.340 e. The first-order valence-electron chi connectivity index (χ1n) is 6.80. The lowest BCUT2D eigenvalue weighted by molar-refractivity contribution is -0.252. The smallest absolute Gasteiger partial charge is 0.330 e. The summed E-state index contributed by atoms with van der Waals surface area (Å²) in [6, 6.07) is 1.10. The van der Waals surface area contributed by atoms with E-state index in [9.17, 15) is 9.59 Å². The third-order valence-corrected chi connectivity index (χ3v) is 3.63. The summed E-state index contributed by atoms with van der Waals surface area (Å²) in [5, 5.41) is 3.20. The minimum atomic E-state index is -2.45. The summed E-state index contributed by atoms with van der Waals surface area (Å²) in [5.74, 6) is -3.55. The van der Waals surface area contributed by atoms with Crippen LogP contribution in [-0.2, 0) is 14.2 Å². The van der Waals surface area contributed by atoms with Crippen LogP contribution in [0.1, 0.15) is 20.1 Å². The Morgan fingerprint density at radius 1 is 1.43 bits per heavy atom. The molecule has 2 aliphatic heterocycles. The number of ether oxygens (including phenoxy) is 3. The van der Waals surface area contributed by atoms with E-state index in [1.165, 1.54) is 6.20 Å². The number of nitrogens with zero attached hydrogens (tertiary/aromatic N) is 4. The van der Waals surface area contributed by atoms with Crippen LogP contribution in [0, 0.1) is 0 Å². The first-order valence-corrected chi connectivity index (χ1v) is 6.80. The quantitative estimate of drug-likeness (QED) is 0.492. The Bertz CT molecular complexity index is 785. The molecule has 2 saturated heterocycles. The van der Waals surface area contributed by atoms with Gasteiger partial charge in [-0.25, -0.2) is 9.18 Å². The SMILES string of the molecule is CC1(C)OC2[C@H](O1)[C@H](n1ccc(=O)[nH]c1=O)O[C@]2(F)CN=[N+]=[N-]. The van der Waals surface area contributed by atoms with Crippen LogP contribution in [0.15, 0.2) is 27.0 Å². The lowest BCUT2D eigenvalue weighted by Gasteiger charge is -2.27. The zero-order chi connectivity index (χ0) is 16.8. The molecule has 124 valence electrons. The van der Waals surface area contributed by atoms with Crippen LogP contribution in [0.25, 0.3) is 10.4 Å². The van der Waals surface area contributed by atoms with Crippen LogP contribution in [0.3, 0.4) is 0 Å². The summed E-state index contributed by atoms with van der Waals surface area (Å²) < 4.78 is 32.5.